The molecule has 32 heavy (non-hydrogen) atoms. The van der Waals surface area contributed by atoms with Crippen molar-refractivity contribution in [1.82, 2.24) is 10.2 Å². The highest BCUT2D eigenvalue weighted by atomic mass is 32.2. The summed E-state index contributed by atoms with van der Waals surface area (Å²) in [6.07, 6.45) is 0.607. The number of carbonyl (C=O) groups excluding carboxylic acids is 2. The summed E-state index contributed by atoms with van der Waals surface area (Å²) in [6, 6.07) is 14.7. The molecule has 7 nitrogen and oxygen atoms in total. The first-order chi connectivity index (χ1) is 15.3. The van der Waals surface area contributed by atoms with E-state index in [0.717, 1.165) is 22.3 Å². The van der Waals surface area contributed by atoms with Crippen LogP contribution in [-0.4, -0.2) is 65.7 Å². The molecule has 170 valence electrons. The van der Waals surface area contributed by atoms with Crippen molar-refractivity contribution in [1.29, 1.82) is 0 Å². The Morgan fingerprint density at radius 1 is 1.09 bits per heavy atom. The maximum atomic E-state index is 12.8. The number of carbonyl (C=O) groups is 3. The number of thioether (sulfide) groups is 1. The molecule has 2 aromatic carbocycles. The van der Waals surface area contributed by atoms with E-state index in [4.69, 9.17) is 4.74 Å². The van der Waals surface area contributed by atoms with Crippen molar-refractivity contribution in [2.45, 2.75) is 31.3 Å². The molecule has 2 atom stereocenters. The number of amides is 2. The number of ether oxygens (including phenoxy) is 1. The first-order valence-corrected chi connectivity index (χ1v) is 11.8. The van der Waals surface area contributed by atoms with E-state index in [1.165, 1.54) is 4.90 Å². The fourth-order valence-electron chi connectivity index (χ4n) is 3.97. The Hall–Kier alpha value is -3.00. The minimum absolute atomic E-state index is 0.0898. The Bertz CT molecular complexity index is 950. The van der Waals surface area contributed by atoms with Crippen molar-refractivity contribution < 1.29 is 24.2 Å². The van der Waals surface area contributed by atoms with E-state index < -0.39 is 30.4 Å². The average Bonchev–Trinajstić information content (AvgIpc) is 3.10. The molecule has 2 amide bonds. The van der Waals surface area contributed by atoms with E-state index in [-0.39, 0.29) is 18.6 Å². The minimum atomic E-state index is -1.20. The van der Waals surface area contributed by atoms with Crippen LogP contribution in [0.25, 0.3) is 11.1 Å². The third-order valence-electron chi connectivity index (χ3n) is 5.73. The molecule has 0 bridgehead atoms. The largest absolute Gasteiger partial charge is 0.481 e. The van der Waals surface area contributed by atoms with Gasteiger partial charge < -0.3 is 20.1 Å². The van der Waals surface area contributed by atoms with Crippen LogP contribution in [-0.2, 0) is 14.3 Å². The van der Waals surface area contributed by atoms with Gasteiger partial charge in [0.25, 0.3) is 0 Å². The second-order valence-electron chi connectivity index (χ2n) is 7.87. The summed E-state index contributed by atoms with van der Waals surface area (Å²) >= 11 is 1.58. The number of aliphatic carboxylic acids is 1. The van der Waals surface area contributed by atoms with E-state index >= 15 is 0 Å². The number of alkyl carbamates (subject to hydrolysis) is 1. The molecule has 0 heterocycles. The number of carboxylic acid groups (broad SMARTS) is 1. The summed E-state index contributed by atoms with van der Waals surface area (Å²) in [7, 11) is 1.61. The number of nitrogens with one attached hydrogen (secondary N) is 1. The molecule has 8 heteroatoms. The smallest absolute Gasteiger partial charge is 0.407 e. The Balaban J connectivity index is 1.68. The lowest BCUT2D eigenvalue weighted by Gasteiger charge is -2.28. The van der Waals surface area contributed by atoms with Gasteiger partial charge in [-0.3, -0.25) is 9.59 Å². The fraction of sp³-hybridized carbons (Fsp3) is 0.375. The van der Waals surface area contributed by atoms with Gasteiger partial charge in [0.1, 0.15) is 12.6 Å². The van der Waals surface area contributed by atoms with Crippen LogP contribution in [0.5, 0.6) is 0 Å². The Labute approximate surface area is 192 Å². The Morgan fingerprint density at radius 3 is 2.19 bits per heavy atom. The van der Waals surface area contributed by atoms with E-state index in [1.54, 1.807) is 18.8 Å². The van der Waals surface area contributed by atoms with Gasteiger partial charge >= 0.3 is 12.1 Å². The Morgan fingerprint density at radius 2 is 1.66 bits per heavy atom. The molecule has 0 aromatic heterocycles. The van der Waals surface area contributed by atoms with Crippen molar-refractivity contribution in [2.75, 3.05) is 25.7 Å². The van der Waals surface area contributed by atoms with E-state index in [1.807, 2.05) is 61.7 Å². The highest BCUT2D eigenvalue weighted by Crippen LogP contribution is 2.44. The van der Waals surface area contributed by atoms with E-state index in [9.17, 15) is 19.5 Å². The fourth-order valence-corrected chi connectivity index (χ4v) is 4.68. The number of carboxylic acids is 1. The molecule has 1 aliphatic rings. The third kappa shape index (κ3) is 5.24. The number of benzene rings is 2. The molecule has 2 N–H and O–H groups in total. The van der Waals surface area contributed by atoms with Crippen molar-refractivity contribution in [3.05, 3.63) is 59.7 Å². The van der Waals surface area contributed by atoms with Crippen molar-refractivity contribution >= 4 is 29.7 Å². The third-order valence-corrected chi connectivity index (χ3v) is 6.54. The minimum Gasteiger partial charge on any atom is -0.481 e. The van der Waals surface area contributed by atoms with Gasteiger partial charge in [-0.15, -0.1) is 0 Å². The van der Waals surface area contributed by atoms with E-state index in [2.05, 4.69) is 5.32 Å². The lowest BCUT2D eigenvalue weighted by Crippen LogP contribution is -2.51. The number of rotatable bonds is 9. The van der Waals surface area contributed by atoms with Gasteiger partial charge in [0, 0.05) is 24.8 Å². The van der Waals surface area contributed by atoms with Crippen LogP contribution in [0.4, 0.5) is 4.79 Å². The second-order valence-corrected chi connectivity index (χ2v) is 8.78. The average molecular weight is 457 g/mol. The summed E-state index contributed by atoms with van der Waals surface area (Å²) in [5.74, 6) is -1.05. The molecule has 0 saturated heterocycles. The SMILES string of the molecule is CSCC(C)N(C)C(=O)C(CC(=O)O)NC(=O)OCC1c2ccccc2-c2ccccc21. The number of hydrogen-bond acceptors (Lipinski definition) is 5. The molecular formula is C24H28N2O5S. The maximum absolute atomic E-state index is 12.8. The molecule has 0 aliphatic heterocycles. The second kappa shape index (κ2) is 10.5. The number of likely N-dealkylation sites (N-methyl/N-ethyl adjacent to an activating group) is 1. The van der Waals surface area contributed by atoms with Crippen LogP contribution in [0.2, 0.25) is 0 Å². The lowest BCUT2D eigenvalue weighted by molar-refractivity contribution is -0.142. The molecule has 0 spiro atoms. The van der Waals surface area contributed by atoms with Crippen LogP contribution in [0.3, 0.4) is 0 Å². The molecule has 2 unspecified atom stereocenters. The van der Waals surface area contributed by atoms with Crippen molar-refractivity contribution in [3.63, 3.8) is 0 Å². The summed E-state index contributed by atoms with van der Waals surface area (Å²) in [4.78, 5) is 38.1. The van der Waals surface area contributed by atoms with Gasteiger partial charge in [0.05, 0.1) is 6.42 Å². The summed E-state index contributed by atoms with van der Waals surface area (Å²) < 4.78 is 5.47. The molecule has 1 aliphatic carbocycles. The summed E-state index contributed by atoms with van der Waals surface area (Å²) in [6.45, 7) is 1.96. The van der Waals surface area contributed by atoms with Gasteiger partial charge in [-0.25, -0.2) is 4.79 Å². The first-order valence-electron chi connectivity index (χ1n) is 10.4. The topological polar surface area (TPSA) is 95.9 Å². The van der Waals surface area contributed by atoms with Crippen LogP contribution in [0.15, 0.2) is 48.5 Å². The quantitative estimate of drug-likeness (QED) is 0.599. The van der Waals surface area contributed by atoms with Crippen molar-refractivity contribution in [2.24, 2.45) is 0 Å². The standard InChI is InChI=1S/C24H28N2O5S/c1-15(14-32-3)26(2)23(29)21(12-22(27)28)25-24(30)31-13-20-18-10-6-4-8-16(18)17-9-5-7-11-19(17)20/h4-11,15,20-21H,12-14H2,1-3H3,(H,25,30)(H,27,28). The highest BCUT2D eigenvalue weighted by Gasteiger charge is 2.31. The Kier molecular flexibility index (Phi) is 7.80. The first kappa shape index (κ1) is 23.7. The van der Waals surface area contributed by atoms with Crippen LogP contribution < -0.4 is 5.32 Å². The molecular weight excluding hydrogens is 428 g/mol. The molecule has 0 radical (unpaired) electrons. The monoisotopic (exact) mass is 456 g/mol. The zero-order valence-corrected chi connectivity index (χ0v) is 19.2. The lowest BCUT2D eigenvalue weighted by atomic mass is 9.98. The molecule has 2 aromatic rings. The molecule has 3 rings (SSSR count). The number of hydrogen-bond donors (Lipinski definition) is 2. The molecule has 0 fully saturated rings. The summed E-state index contributed by atoms with van der Waals surface area (Å²) in [5.41, 5.74) is 4.37. The van der Waals surface area contributed by atoms with Crippen LogP contribution in [0.1, 0.15) is 30.4 Å². The maximum Gasteiger partial charge on any atom is 0.407 e. The number of nitrogens with zero attached hydrogens (tertiary/aromatic N) is 1. The van der Waals surface area contributed by atoms with Crippen molar-refractivity contribution in [3.8, 4) is 11.1 Å². The number of fused-ring (bicyclic) bond motifs is 3. The van der Waals surface area contributed by atoms with Gasteiger partial charge in [0.15, 0.2) is 0 Å². The van der Waals surface area contributed by atoms with Gasteiger partial charge in [-0.1, -0.05) is 48.5 Å². The van der Waals surface area contributed by atoms with E-state index in [0.29, 0.717) is 5.75 Å². The van der Waals surface area contributed by atoms with Gasteiger partial charge in [-0.05, 0) is 35.4 Å². The van der Waals surface area contributed by atoms with Gasteiger partial charge in [-0.2, -0.15) is 11.8 Å². The molecule has 0 saturated carbocycles. The predicted molar refractivity (Wildman–Crippen MR) is 125 cm³/mol. The van der Waals surface area contributed by atoms with Crippen LogP contribution >= 0.6 is 11.8 Å². The summed E-state index contributed by atoms with van der Waals surface area (Å²) in [5, 5.41) is 11.7. The normalized spacial score (nSPS) is 14.1. The van der Waals surface area contributed by atoms with Crippen LogP contribution in [0, 0.1) is 0 Å². The highest BCUT2D eigenvalue weighted by molar-refractivity contribution is 7.98. The zero-order chi connectivity index (χ0) is 23.3. The predicted octanol–water partition coefficient (Wildman–Crippen LogP) is 3.58. The van der Waals surface area contributed by atoms with Gasteiger partial charge in [0.2, 0.25) is 5.91 Å². The zero-order valence-electron chi connectivity index (χ0n) is 18.4.